The monoisotopic (exact) mass is 275 g/mol. The van der Waals surface area contributed by atoms with E-state index >= 15 is 0 Å². The number of aliphatic hydroxyl groups is 1. The van der Waals surface area contributed by atoms with Crippen LogP contribution in [0.15, 0.2) is 35.1 Å². The number of hydrogen-bond acceptors (Lipinski definition) is 3. The lowest BCUT2D eigenvalue weighted by atomic mass is 10.1. The zero-order valence-corrected chi connectivity index (χ0v) is 11.1. The predicted octanol–water partition coefficient (Wildman–Crippen LogP) is 1.86. The van der Waals surface area contributed by atoms with Crippen LogP contribution in [0.5, 0.6) is 0 Å². The van der Waals surface area contributed by atoms with Crippen LogP contribution < -0.4 is 5.56 Å². The Hall–Kier alpha value is -2.14. The van der Waals surface area contributed by atoms with Crippen molar-refractivity contribution in [3.8, 4) is 0 Å². The molecule has 0 atom stereocenters. The van der Waals surface area contributed by atoms with Gasteiger partial charge in [0.05, 0.1) is 11.1 Å². The molecular formula is C15H17NO4. The lowest BCUT2D eigenvalue weighted by Crippen LogP contribution is -2.22. The number of aromatic nitrogens is 1. The highest BCUT2D eigenvalue weighted by Crippen LogP contribution is 2.17. The fourth-order valence-corrected chi connectivity index (χ4v) is 2.30. The SMILES string of the molecule is O=C(O)c1cc(=O)n(CCCCCO)c2ccccc12. The average molecular weight is 275 g/mol. The number of unbranched alkanes of at least 4 members (excludes halogenated alkanes) is 2. The maximum atomic E-state index is 12.1. The molecule has 0 aliphatic heterocycles. The first-order valence-corrected chi connectivity index (χ1v) is 6.62. The van der Waals surface area contributed by atoms with Gasteiger partial charge in [0.2, 0.25) is 0 Å². The van der Waals surface area contributed by atoms with E-state index in [2.05, 4.69) is 0 Å². The van der Waals surface area contributed by atoms with Crippen LogP contribution in [-0.2, 0) is 6.54 Å². The van der Waals surface area contributed by atoms with Crippen LogP contribution in [0.2, 0.25) is 0 Å². The summed E-state index contributed by atoms with van der Waals surface area (Å²) in [6.07, 6.45) is 2.31. The van der Waals surface area contributed by atoms with Crippen molar-refractivity contribution in [3.63, 3.8) is 0 Å². The Labute approximate surface area is 116 Å². The summed E-state index contributed by atoms with van der Waals surface area (Å²) in [5.41, 5.74) is 0.378. The summed E-state index contributed by atoms with van der Waals surface area (Å²) in [6.45, 7) is 0.673. The van der Waals surface area contributed by atoms with E-state index in [1.165, 1.54) is 6.07 Å². The molecule has 1 aromatic carbocycles. The molecule has 5 heteroatoms. The summed E-state index contributed by atoms with van der Waals surface area (Å²) >= 11 is 0. The number of nitrogens with zero attached hydrogens (tertiary/aromatic N) is 1. The van der Waals surface area contributed by atoms with Crippen molar-refractivity contribution in [2.45, 2.75) is 25.8 Å². The zero-order chi connectivity index (χ0) is 14.5. The van der Waals surface area contributed by atoms with Crippen LogP contribution in [0.3, 0.4) is 0 Å². The highest BCUT2D eigenvalue weighted by molar-refractivity contribution is 6.02. The summed E-state index contributed by atoms with van der Waals surface area (Å²) < 4.78 is 1.60. The van der Waals surface area contributed by atoms with Crippen molar-refractivity contribution in [1.29, 1.82) is 0 Å². The van der Waals surface area contributed by atoms with Gasteiger partial charge in [-0.25, -0.2) is 4.79 Å². The number of aromatic carboxylic acids is 1. The van der Waals surface area contributed by atoms with Gasteiger partial charge in [0.1, 0.15) is 0 Å². The molecule has 1 heterocycles. The standard InChI is InChI=1S/C15H17NO4/c17-9-5-1-4-8-16-13-7-3-2-6-11(13)12(15(19)20)10-14(16)18/h2-3,6-7,10,17H,1,4-5,8-9H2,(H,19,20). The van der Waals surface area contributed by atoms with Gasteiger partial charge in [-0.1, -0.05) is 18.2 Å². The molecule has 20 heavy (non-hydrogen) atoms. The molecule has 0 saturated heterocycles. The molecule has 0 unspecified atom stereocenters. The molecule has 0 amide bonds. The van der Waals surface area contributed by atoms with Gasteiger partial charge in [-0.3, -0.25) is 4.79 Å². The van der Waals surface area contributed by atoms with E-state index in [0.717, 1.165) is 12.8 Å². The first-order valence-electron chi connectivity index (χ1n) is 6.62. The van der Waals surface area contributed by atoms with Crippen LogP contribution in [0.4, 0.5) is 0 Å². The molecule has 0 radical (unpaired) electrons. The molecular weight excluding hydrogens is 258 g/mol. The van der Waals surface area contributed by atoms with Gasteiger partial charge in [0.25, 0.3) is 5.56 Å². The third kappa shape index (κ3) is 2.88. The number of carboxylic acids is 1. The lowest BCUT2D eigenvalue weighted by molar-refractivity contribution is 0.0698. The fraction of sp³-hybridized carbons (Fsp3) is 0.333. The van der Waals surface area contributed by atoms with Crippen LogP contribution in [0, 0.1) is 0 Å². The van der Waals surface area contributed by atoms with Gasteiger partial charge in [0, 0.05) is 24.6 Å². The Morgan fingerprint density at radius 2 is 1.90 bits per heavy atom. The molecule has 0 aliphatic carbocycles. The number of benzene rings is 1. The van der Waals surface area contributed by atoms with Gasteiger partial charge in [0.15, 0.2) is 0 Å². The number of pyridine rings is 1. The quantitative estimate of drug-likeness (QED) is 0.789. The van der Waals surface area contributed by atoms with Gasteiger partial charge in [-0.2, -0.15) is 0 Å². The molecule has 5 nitrogen and oxygen atoms in total. The zero-order valence-electron chi connectivity index (χ0n) is 11.1. The minimum Gasteiger partial charge on any atom is -0.478 e. The van der Waals surface area contributed by atoms with E-state index in [-0.39, 0.29) is 17.7 Å². The summed E-state index contributed by atoms with van der Waals surface area (Å²) in [6, 6.07) is 8.20. The van der Waals surface area contributed by atoms with Crippen molar-refractivity contribution in [2.24, 2.45) is 0 Å². The highest BCUT2D eigenvalue weighted by atomic mass is 16.4. The summed E-state index contributed by atoms with van der Waals surface area (Å²) in [7, 11) is 0. The number of para-hydroxylation sites is 1. The Kier molecular flexibility index (Phi) is 4.53. The number of aliphatic hydroxyl groups excluding tert-OH is 1. The smallest absolute Gasteiger partial charge is 0.336 e. The third-order valence-electron chi connectivity index (χ3n) is 3.29. The van der Waals surface area contributed by atoms with Gasteiger partial charge in [-0.15, -0.1) is 0 Å². The first kappa shape index (κ1) is 14.3. The Morgan fingerprint density at radius 3 is 2.60 bits per heavy atom. The predicted molar refractivity (Wildman–Crippen MR) is 76.1 cm³/mol. The number of carboxylic acid groups (broad SMARTS) is 1. The van der Waals surface area contributed by atoms with Gasteiger partial charge in [-0.05, 0) is 25.3 Å². The van der Waals surface area contributed by atoms with Crippen molar-refractivity contribution >= 4 is 16.9 Å². The van der Waals surface area contributed by atoms with E-state index < -0.39 is 5.97 Å². The molecule has 2 rings (SSSR count). The second kappa shape index (κ2) is 6.34. The van der Waals surface area contributed by atoms with E-state index in [4.69, 9.17) is 10.2 Å². The lowest BCUT2D eigenvalue weighted by Gasteiger charge is -2.11. The third-order valence-corrected chi connectivity index (χ3v) is 3.29. The molecule has 0 spiro atoms. The van der Waals surface area contributed by atoms with E-state index in [1.807, 2.05) is 0 Å². The van der Waals surface area contributed by atoms with Gasteiger partial charge >= 0.3 is 5.97 Å². The molecule has 0 fully saturated rings. The maximum absolute atomic E-state index is 12.1. The Balaban J connectivity index is 2.45. The number of fused-ring (bicyclic) bond motifs is 1. The topological polar surface area (TPSA) is 79.5 Å². The molecule has 2 aromatic rings. The van der Waals surface area contributed by atoms with E-state index in [9.17, 15) is 9.59 Å². The molecule has 0 bridgehead atoms. The summed E-state index contributed by atoms with van der Waals surface area (Å²) in [4.78, 5) is 23.3. The van der Waals surface area contributed by atoms with Crippen LogP contribution in [0.25, 0.3) is 10.9 Å². The van der Waals surface area contributed by atoms with Crippen LogP contribution >= 0.6 is 0 Å². The summed E-state index contributed by atoms with van der Waals surface area (Å²) in [5, 5.41) is 18.5. The first-order chi connectivity index (χ1) is 9.65. The second-order valence-electron chi connectivity index (χ2n) is 4.65. The van der Waals surface area contributed by atoms with Gasteiger partial charge < -0.3 is 14.8 Å². The Bertz CT molecular complexity index is 675. The normalized spacial score (nSPS) is 10.8. The van der Waals surface area contributed by atoms with E-state index in [1.54, 1.807) is 28.8 Å². The minimum absolute atomic E-state index is 0.0391. The van der Waals surface area contributed by atoms with Crippen molar-refractivity contribution < 1.29 is 15.0 Å². The Morgan fingerprint density at radius 1 is 1.15 bits per heavy atom. The largest absolute Gasteiger partial charge is 0.478 e. The molecule has 0 saturated carbocycles. The van der Waals surface area contributed by atoms with Crippen LogP contribution in [-0.4, -0.2) is 27.4 Å². The second-order valence-corrected chi connectivity index (χ2v) is 4.65. The fourth-order valence-electron chi connectivity index (χ4n) is 2.30. The number of rotatable bonds is 6. The van der Waals surface area contributed by atoms with Crippen molar-refractivity contribution in [3.05, 3.63) is 46.2 Å². The highest BCUT2D eigenvalue weighted by Gasteiger charge is 2.13. The molecule has 2 N–H and O–H groups in total. The molecule has 0 aliphatic rings. The number of hydrogen-bond donors (Lipinski definition) is 2. The maximum Gasteiger partial charge on any atom is 0.336 e. The van der Waals surface area contributed by atoms with Crippen molar-refractivity contribution in [1.82, 2.24) is 4.57 Å². The number of aryl methyl sites for hydroxylation is 1. The summed E-state index contributed by atoms with van der Waals surface area (Å²) in [5.74, 6) is -1.09. The van der Waals surface area contributed by atoms with Crippen LogP contribution in [0.1, 0.15) is 29.6 Å². The molecule has 1 aromatic heterocycles. The van der Waals surface area contributed by atoms with E-state index in [0.29, 0.717) is 23.9 Å². The average Bonchev–Trinajstić information content (AvgIpc) is 2.44. The minimum atomic E-state index is -1.09. The number of carbonyl (C=O) groups is 1. The van der Waals surface area contributed by atoms with Crippen molar-refractivity contribution in [2.75, 3.05) is 6.61 Å². The molecule has 106 valence electrons.